The fourth-order valence-corrected chi connectivity index (χ4v) is 3.83. The quantitative estimate of drug-likeness (QED) is 0.775. The average molecular weight is 385 g/mol. The smallest absolute Gasteiger partial charge is 0.255 e. The first-order valence-electron chi connectivity index (χ1n) is 9.43. The standard InChI is InChI=1S/C22H25ClN2O2/c1-3-25(18-8-6-7-16(2)15-18)21(26)17-11-13-24(14-12-17)22(27)19-9-4-5-10-20(19)23/h4-10,15,17H,3,11-14H2,1-2H3. The van der Waals surface area contributed by atoms with E-state index in [1.54, 1.807) is 17.0 Å². The molecule has 0 unspecified atom stereocenters. The van der Waals surface area contributed by atoms with Crippen molar-refractivity contribution in [2.75, 3.05) is 24.5 Å². The molecule has 1 fully saturated rings. The van der Waals surface area contributed by atoms with Crippen molar-refractivity contribution in [2.24, 2.45) is 5.92 Å². The molecule has 1 aliphatic rings. The monoisotopic (exact) mass is 384 g/mol. The lowest BCUT2D eigenvalue weighted by atomic mass is 9.94. The summed E-state index contributed by atoms with van der Waals surface area (Å²) in [4.78, 5) is 29.4. The minimum absolute atomic E-state index is 0.0549. The Morgan fingerprint density at radius 2 is 1.81 bits per heavy atom. The third-order valence-electron chi connectivity index (χ3n) is 5.13. The van der Waals surface area contributed by atoms with Crippen LogP contribution >= 0.6 is 11.6 Å². The zero-order valence-corrected chi connectivity index (χ0v) is 16.6. The normalized spacial score (nSPS) is 14.9. The molecule has 0 aliphatic carbocycles. The van der Waals surface area contributed by atoms with Crippen LogP contribution in [0.3, 0.4) is 0 Å². The highest BCUT2D eigenvalue weighted by Crippen LogP contribution is 2.26. The van der Waals surface area contributed by atoms with Gasteiger partial charge in [0.15, 0.2) is 0 Å². The molecule has 2 aromatic carbocycles. The van der Waals surface area contributed by atoms with Gasteiger partial charge in [-0.1, -0.05) is 35.9 Å². The highest BCUT2D eigenvalue weighted by molar-refractivity contribution is 6.33. The van der Waals surface area contributed by atoms with Gasteiger partial charge in [-0.25, -0.2) is 0 Å². The summed E-state index contributed by atoms with van der Waals surface area (Å²) in [6.07, 6.45) is 1.36. The Labute approximate surface area is 165 Å². The molecular formula is C22H25ClN2O2. The van der Waals surface area contributed by atoms with Gasteiger partial charge in [-0.3, -0.25) is 9.59 Å². The van der Waals surface area contributed by atoms with E-state index in [-0.39, 0.29) is 17.7 Å². The van der Waals surface area contributed by atoms with Gasteiger partial charge in [-0.2, -0.15) is 0 Å². The van der Waals surface area contributed by atoms with Crippen molar-refractivity contribution in [3.05, 3.63) is 64.7 Å². The summed E-state index contributed by atoms with van der Waals surface area (Å²) in [5, 5.41) is 0.470. The first-order valence-corrected chi connectivity index (χ1v) is 9.81. The number of carbonyl (C=O) groups is 2. The minimum Gasteiger partial charge on any atom is -0.339 e. The summed E-state index contributed by atoms with van der Waals surface area (Å²) >= 11 is 6.15. The molecule has 1 saturated heterocycles. The van der Waals surface area contributed by atoms with E-state index in [2.05, 4.69) is 0 Å². The number of hydrogen-bond acceptors (Lipinski definition) is 2. The summed E-state index contributed by atoms with van der Waals surface area (Å²) in [6.45, 7) is 5.82. The highest BCUT2D eigenvalue weighted by Gasteiger charge is 2.31. The fourth-order valence-electron chi connectivity index (χ4n) is 3.62. The predicted molar refractivity (Wildman–Crippen MR) is 109 cm³/mol. The SMILES string of the molecule is CCN(C(=O)C1CCN(C(=O)c2ccccc2Cl)CC1)c1cccc(C)c1. The van der Waals surface area contributed by atoms with E-state index >= 15 is 0 Å². The Hall–Kier alpha value is -2.33. The van der Waals surface area contributed by atoms with Crippen molar-refractivity contribution in [2.45, 2.75) is 26.7 Å². The molecule has 1 aliphatic heterocycles. The van der Waals surface area contributed by atoms with Crippen molar-refractivity contribution in [1.29, 1.82) is 0 Å². The van der Waals surface area contributed by atoms with Crippen LogP contribution in [0.1, 0.15) is 35.7 Å². The van der Waals surface area contributed by atoms with Gasteiger partial charge in [0.1, 0.15) is 0 Å². The van der Waals surface area contributed by atoms with E-state index in [4.69, 9.17) is 11.6 Å². The average Bonchev–Trinajstić information content (AvgIpc) is 2.68. The number of halogens is 1. The van der Waals surface area contributed by atoms with Gasteiger partial charge in [0.25, 0.3) is 5.91 Å². The molecule has 0 atom stereocenters. The van der Waals surface area contributed by atoms with Gasteiger partial charge in [0.05, 0.1) is 10.6 Å². The molecule has 2 aromatic rings. The van der Waals surface area contributed by atoms with Gasteiger partial charge in [0.2, 0.25) is 5.91 Å². The van der Waals surface area contributed by atoms with Crippen LogP contribution in [-0.4, -0.2) is 36.3 Å². The summed E-state index contributed by atoms with van der Waals surface area (Å²) in [5.41, 5.74) is 2.61. The van der Waals surface area contributed by atoms with Crippen molar-refractivity contribution in [3.63, 3.8) is 0 Å². The molecule has 27 heavy (non-hydrogen) atoms. The third-order valence-corrected chi connectivity index (χ3v) is 5.46. The molecule has 0 aromatic heterocycles. The summed E-state index contributed by atoms with van der Waals surface area (Å²) < 4.78 is 0. The number of benzene rings is 2. The van der Waals surface area contributed by atoms with E-state index in [0.29, 0.717) is 43.1 Å². The van der Waals surface area contributed by atoms with Gasteiger partial charge in [-0.05, 0) is 56.5 Å². The summed E-state index contributed by atoms with van der Waals surface area (Å²) in [6, 6.07) is 15.1. The summed E-state index contributed by atoms with van der Waals surface area (Å²) in [7, 11) is 0. The maximum Gasteiger partial charge on any atom is 0.255 e. The molecular weight excluding hydrogens is 360 g/mol. The first-order chi connectivity index (χ1) is 13.0. The number of rotatable bonds is 4. The Bertz CT molecular complexity index is 829. The Balaban J connectivity index is 1.65. The highest BCUT2D eigenvalue weighted by atomic mass is 35.5. The Morgan fingerprint density at radius 1 is 1.11 bits per heavy atom. The van der Waals surface area contributed by atoms with Crippen molar-refractivity contribution in [3.8, 4) is 0 Å². The number of hydrogen-bond donors (Lipinski definition) is 0. The van der Waals surface area contributed by atoms with Crippen LogP contribution in [0.15, 0.2) is 48.5 Å². The van der Waals surface area contributed by atoms with E-state index in [9.17, 15) is 9.59 Å². The molecule has 142 valence electrons. The molecule has 0 spiro atoms. The zero-order valence-electron chi connectivity index (χ0n) is 15.8. The van der Waals surface area contributed by atoms with Gasteiger partial charge >= 0.3 is 0 Å². The van der Waals surface area contributed by atoms with Gasteiger partial charge in [-0.15, -0.1) is 0 Å². The van der Waals surface area contributed by atoms with Crippen molar-refractivity contribution < 1.29 is 9.59 Å². The van der Waals surface area contributed by atoms with Crippen LogP contribution in [-0.2, 0) is 4.79 Å². The van der Waals surface area contributed by atoms with Crippen molar-refractivity contribution in [1.82, 2.24) is 4.90 Å². The summed E-state index contributed by atoms with van der Waals surface area (Å²) in [5.74, 6) is 0.0335. The van der Waals surface area contributed by atoms with Crippen LogP contribution in [0.5, 0.6) is 0 Å². The van der Waals surface area contributed by atoms with Crippen LogP contribution in [0.2, 0.25) is 5.02 Å². The molecule has 0 N–H and O–H groups in total. The molecule has 0 radical (unpaired) electrons. The lowest BCUT2D eigenvalue weighted by Crippen LogP contribution is -2.44. The van der Waals surface area contributed by atoms with E-state index in [1.807, 2.05) is 55.1 Å². The number of amides is 2. The van der Waals surface area contributed by atoms with Crippen LogP contribution in [0.4, 0.5) is 5.69 Å². The molecule has 0 saturated carbocycles. The lowest BCUT2D eigenvalue weighted by Gasteiger charge is -2.34. The van der Waals surface area contributed by atoms with Crippen LogP contribution in [0.25, 0.3) is 0 Å². The lowest BCUT2D eigenvalue weighted by molar-refractivity contribution is -0.123. The van der Waals surface area contributed by atoms with Crippen LogP contribution < -0.4 is 4.90 Å². The van der Waals surface area contributed by atoms with E-state index < -0.39 is 0 Å². The zero-order chi connectivity index (χ0) is 19.4. The second kappa shape index (κ2) is 8.57. The molecule has 2 amide bonds. The number of carbonyl (C=O) groups excluding carboxylic acids is 2. The Morgan fingerprint density at radius 3 is 2.44 bits per heavy atom. The fraction of sp³-hybridized carbons (Fsp3) is 0.364. The molecule has 3 rings (SSSR count). The third kappa shape index (κ3) is 4.33. The number of nitrogens with zero attached hydrogens (tertiary/aromatic N) is 2. The number of piperidine rings is 1. The maximum absolute atomic E-state index is 13.0. The maximum atomic E-state index is 13.0. The van der Waals surface area contributed by atoms with E-state index in [1.165, 1.54) is 0 Å². The second-order valence-electron chi connectivity index (χ2n) is 6.97. The molecule has 1 heterocycles. The predicted octanol–water partition coefficient (Wildman–Crippen LogP) is 4.55. The minimum atomic E-state index is -0.0578. The first kappa shape index (κ1) is 19.4. The van der Waals surface area contributed by atoms with E-state index in [0.717, 1.165) is 11.3 Å². The number of likely N-dealkylation sites (tertiary alicyclic amines) is 1. The largest absolute Gasteiger partial charge is 0.339 e. The Kier molecular flexibility index (Phi) is 6.17. The number of aryl methyl sites for hydroxylation is 1. The van der Waals surface area contributed by atoms with Crippen molar-refractivity contribution >= 4 is 29.1 Å². The molecule has 0 bridgehead atoms. The van der Waals surface area contributed by atoms with Crippen LogP contribution in [0, 0.1) is 12.8 Å². The topological polar surface area (TPSA) is 40.6 Å². The number of anilines is 1. The second-order valence-corrected chi connectivity index (χ2v) is 7.38. The molecule has 4 nitrogen and oxygen atoms in total. The van der Waals surface area contributed by atoms with Gasteiger partial charge in [0, 0.05) is 31.2 Å². The van der Waals surface area contributed by atoms with Gasteiger partial charge < -0.3 is 9.80 Å². The molecule has 5 heteroatoms.